The van der Waals surface area contributed by atoms with Gasteiger partial charge in [-0.2, -0.15) is 0 Å². The third-order valence-corrected chi connectivity index (χ3v) is 5.88. The molecule has 32 heavy (non-hydrogen) atoms. The molecular formula is C26H32N4O2. The highest BCUT2D eigenvalue weighted by atomic mass is 16.6. The number of fused-ring (bicyclic) bond motifs is 1. The van der Waals surface area contributed by atoms with Crippen molar-refractivity contribution in [3.63, 3.8) is 0 Å². The summed E-state index contributed by atoms with van der Waals surface area (Å²) in [5, 5.41) is 4.77. The number of anilines is 1. The van der Waals surface area contributed by atoms with Gasteiger partial charge >= 0.3 is 6.09 Å². The van der Waals surface area contributed by atoms with Crippen molar-refractivity contribution in [2.24, 2.45) is 0 Å². The summed E-state index contributed by atoms with van der Waals surface area (Å²) in [7, 11) is 0. The Bertz CT molecular complexity index is 1050. The molecule has 2 aromatic carbocycles. The second-order valence-electron chi connectivity index (χ2n) is 8.25. The van der Waals surface area contributed by atoms with E-state index in [0.717, 1.165) is 43.9 Å². The van der Waals surface area contributed by atoms with Crippen LogP contribution in [0.5, 0.6) is 0 Å². The van der Waals surface area contributed by atoms with Gasteiger partial charge < -0.3 is 19.9 Å². The lowest BCUT2D eigenvalue weighted by Crippen LogP contribution is -2.49. The number of piperazine rings is 1. The Balaban J connectivity index is 1.48. The SMILES string of the molecule is CCOC(=O)N1CCN(c2nc3ccc(C)cc3cc2CNCCc2ccccc2)CC1. The predicted octanol–water partition coefficient (Wildman–Crippen LogP) is 4.15. The third-order valence-electron chi connectivity index (χ3n) is 5.88. The number of hydrogen-bond donors (Lipinski definition) is 1. The Kier molecular flexibility index (Phi) is 7.22. The molecule has 0 saturated carbocycles. The average molecular weight is 433 g/mol. The first-order valence-corrected chi connectivity index (χ1v) is 11.5. The molecule has 1 amide bonds. The largest absolute Gasteiger partial charge is 0.450 e. The highest BCUT2D eigenvalue weighted by Gasteiger charge is 2.24. The van der Waals surface area contributed by atoms with E-state index in [1.54, 1.807) is 4.90 Å². The smallest absolute Gasteiger partial charge is 0.409 e. The van der Waals surface area contributed by atoms with E-state index in [1.807, 2.05) is 13.0 Å². The monoisotopic (exact) mass is 432 g/mol. The molecule has 6 heteroatoms. The predicted molar refractivity (Wildman–Crippen MR) is 129 cm³/mol. The summed E-state index contributed by atoms with van der Waals surface area (Å²) in [6.07, 6.45) is 0.769. The Hall–Kier alpha value is -3.12. The van der Waals surface area contributed by atoms with E-state index in [1.165, 1.54) is 22.1 Å². The molecule has 0 bridgehead atoms. The number of nitrogens with one attached hydrogen (secondary N) is 1. The van der Waals surface area contributed by atoms with Crippen molar-refractivity contribution < 1.29 is 9.53 Å². The van der Waals surface area contributed by atoms with Gasteiger partial charge in [-0.25, -0.2) is 9.78 Å². The first-order valence-electron chi connectivity index (χ1n) is 11.5. The van der Waals surface area contributed by atoms with Crippen LogP contribution in [0, 0.1) is 6.92 Å². The van der Waals surface area contributed by atoms with Crippen molar-refractivity contribution in [1.82, 2.24) is 15.2 Å². The Morgan fingerprint density at radius 2 is 1.84 bits per heavy atom. The number of benzene rings is 2. The van der Waals surface area contributed by atoms with Crippen molar-refractivity contribution >= 4 is 22.8 Å². The van der Waals surface area contributed by atoms with E-state index < -0.39 is 0 Å². The van der Waals surface area contributed by atoms with Crippen LogP contribution in [0.4, 0.5) is 10.6 Å². The van der Waals surface area contributed by atoms with Gasteiger partial charge in [-0.3, -0.25) is 0 Å². The molecule has 0 spiro atoms. The number of aromatic nitrogens is 1. The number of rotatable bonds is 7. The number of nitrogens with zero attached hydrogens (tertiary/aromatic N) is 3. The maximum atomic E-state index is 12.1. The van der Waals surface area contributed by atoms with Crippen molar-refractivity contribution in [3.05, 3.63) is 71.3 Å². The minimum atomic E-state index is -0.225. The number of carbonyl (C=O) groups excluding carboxylic acids is 1. The molecule has 168 valence electrons. The van der Waals surface area contributed by atoms with Crippen LogP contribution >= 0.6 is 0 Å². The van der Waals surface area contributed by atoms with Crippen molar-refractivity contribution in [2.75, 3.05) is 44.2 Å². The quantitative estimate of drug-likeness (QED) is 0.569. The number of aryl methyl sites for hydroxylation is 1. The van der Waals surface area contributed by atoms with Crippen LogP contribution in [0.3, 0.4) is 0 Å². The summed E-state index contributed by atoms with van der Waals surface area (Å²) in [4.78, 5) is 21.2. The molecule has 6 nitrogen and oxygen atoms in total. The zero-order valence-electron chi connectivity index (χ0n) is 19.0. The number of amides is 1. The van der Waals surface area contributed by atoms with E-state index in [-0.39, 0.29) is 6.09 Å². The fraction of sp³-hybridized carbons (Fsp3) is 0.385. The minimum absolute atomic E-state index is 0.225. The first-order chi connectivity index (χ1) is 15.6. The van der Waals surface area contributed by atoms with Gasteiger partial charge in [-0.15, -0.1) is 0 Å². The van der Waals surface area contributed by atoms with Gasteiger partial charge in [0.15, 0.2) is 0 Å². The molecule has 1 aliphatic heterocycles. The summed E-state index contributed by atoms with van der Waals surface area (Å²) in [6, 6.07) is 19.2. The molecule has 2 heterocycles. The van der Waals surface area contributed by atoms with Crippen LogP contribution in [0.2, 0.25) is 0 Å². The number of hydrogen-bond acceptors (Lipinski definition) is 5. The van der Waals surface area contributed by atoms with Crippen LogP contribution < -0.4 is 10.2 Å². The number of ether oxygens (including phenoxy) is 1. The second kappa shape index (κ2) is 10.5. The average Bonchev–Trinajstić information content (AvgIpc) is 2.82. The molecule has 1 N–H and O–H groups in total. The van der Waals surface area contributed by atoms with Crippen LogP contribution in [-0.2, 0) is 17.7 Å². The topological polar surface area (TPSA) is 57.7 Å². The number of pyridine rings is 1. The van der Waals surface area contributed by atoms with Gasteiger partial charge in [0.1, 0.15) is 5.82 Å². The zero-order valence-corrected chi connectivity index (χ0v) is 19.0. The first kappa shape index (κ1) is 22.1. The Morgan fingerprint density at radius 1 is 1.06 bits per heavy atom. The lowest BCUT2D eigenvalue weighted by atomic mass is 10.1. The van der Waals surface area contributed by atoms with Crippen LogP contribution in [0.15, 0.2) is 54.6 Å². The second-order valence-corrected chi connectivity index (χ2v) is 8.25. The van der Waals surface area contributed by atoms with E-state index in [9.17, 15) is 4.79 Å². The molecule has 1 fully saturated rings. The van der Waals surface area contributed by atoms with Gasteiger partial charge in [0.2, 0.25) is 0 Å². The van der Waals surface area contributed by atoms with Gasteiger partial charge in [0, 0.05) is 43.7 Å². The summed E-state index contributed by atoms with van der Waals surface area (Å²) in [5.41, 5.74) is 4.77. The van der Waals surface area contributed by atoms with Gasteiger partial charge in [0.05, 0.1) is 12.1 Å². The van der Waals surface area contributed by atoms with E-state index in [2.05, 4.69) is 65.7 Å². The molecule has 0 radical (unpaired) electrons. The summed E-state index contributed by atoms with van der Waals surface area (Å²) < 4.78 is 5.16. The minimum Gasteiger partial charge on any atom is -0.450 e. The lowest BCUT2D eigenvalue weighted by Gasteiger charge is -2.35. The van der Waals surface area contributed by atoms with Crippen LogP contribution in [0.1, 0.15) is 23.6 Å². The van der Waals surface area contributed by atoms with Gasteiger partial charge in [0.25, 0.3) is 0 Å². The van der Waals surface area contributed by atoms with E-state index >= 15 is 0 Å². The van der Waals surface area contributed by atoms with Crippen LogP contribution in [0.25, 0.3) is 10.9 Å². The molecule has 3 aromatic rings. The summed E-state index contributed by atoms with van der Waals surface area (Å²) in [5.74, 6) is 1.01. The molecule has 0 atom stereocenters. The normalized spacial score (nSPS) is 14.1. The third kappa shape index (κ3) is 5.37. The number of carbonyl (C=O) groups is 1. The zero-order chi connectivity index (χ0) is 22.3. The fourth-order valence-electron chi connectivity index (χ4n) is 4.15. The fourth-order valence-corrected chi connectivity index (χ4v) is 4.15. The molecule has 1 saturated heterocycles. The Morgan fingerprint density at radius 3 is 2.59 bits per heavy atom. The molecule has 0 aliphatic carbocycles. The highest BCUT2D eigenvalue weighted by Crippen LogP contribution is 2.25. The van der Waals surface area contributed by atoms with Crippen molar-refractivity contribution in [1.29, 1.82) is 0 Å². The van der Waals surface area contributed by atoms with Gasteiger partial charge in [-0.05, 0) is 50.6 Å². The van der Waals surface area contributed by atoms with Crippen LogP contribution in [-0.4, -0.2) is 55.3 Å². The molecule has 1 aromatic heterocycles. The van der Waals surface area contributed by atoms with Gasteiger partial charge in [-0.1, -0.05) is 42.0 Å². The Labute approximate surface area is 190 Å². The molecular weight excluding hydrogens is 400 g/mol. The summed E-state index contributed by atoms with van der Waals surface area (Å²) >= 11 is 0. The van der Waals surface area contributed by atoms with E-state index in [4.69, 9.17) is 9.72 Å². The summed E-state index contributed by atoms with van der Waals surface area (Å²) in [6.45, 7) is 8.82. The molecule has 0 unspecified atom stereocenters. The molecule has 4 rings (SSSR count). The van der Waals surface area contributed by atoms with Crippen molar-refractivity contribution in [2.45, 2.75) is 26.8 Å². The lowest BCUT2D eigenvalue weighted by molar-refractivity contribution is 0.105. The van der Waals surface area contributed by atoms with Crippen molar-refractivity contribution in [3.8, 4) is 0 Å². The maximum Gasteiger partial charge on any atom is 0.409 e. The maximum absolute atomic E-state index is 12.1. The highest BCUT2D eigenvalue weighted by molar-refractivity contribution is 5.82. The van der Waals surface area contributed by atoms with E-state index in [0.29, 0.717) is 19.7 Å². The molecule has 1 aliphatic rings. The standard InChI is InChI=1S/C26H32N4O2/c1-3-32-26(31)30-15-13-29(14-16-30)25-23(18-22-17-20(2)9-10-24(22)28-25)19-27-12-11-21-7-5-4-6-8-21/h4-10,17-18,27H,3,11-16,19H2,1-2H3.